The average molecular weight is 225 g/mol. The topological polar surface area (TPSA) is 43.1 Å². The molecule has 0 amide bonds. The molecule has 0 bridgehead atoms. The van der Waals surface area contributed by atoms with Crippen LogP contribution in [0.4, 0.5) is 8.78 Å². The lowest BCUT2D eigenvalue weighted by Gasteiger charge is -2.21. The molecule has 0 saturated heterocycles. The van der Waals surface area contributed by atoms with Crippen LogP contribution in [0.2, 0.25) is 0 Å². The van der Waals surface area contributed by atoms with E-state index in [0.29, 0.717) is 12.8 Å². The van der Waals surface area contributed by atoms with Crippen molar-refractivity contribution in [3.63, 3.8) is 0 Å². The van der Waals surface area contributed by atoms with E-state index in [9.17, 15) is 13.6 Å². The Labute approximate surface area is 92.4 Å². The molecule has 0 spiro atoms. The molecular weight excluding hydrogens is 212 g/mol. The highest BCUT2D eigenvalue weighted by Crippen LogP contribution is 2.30. The van der Waals surface area contributed by atoms with Gasteiger partial charge in [0.25, 0.3) is 0 Å². The lowest BCUT2D eigenvalue weighted by atomic mass is 9.89. The molecule has 2 N–H and O–H groups in total. The summed E-state index contributed by atoms with van der Waals surface area (Å²) in [6, 6.07) is 3.17. The monoisotopic (exact) mass is 225 g/mol. The number of nitrogens with two attached hydrogens (primary N) is 1. The molecule has 4 heteroatoms. The summed E-state index contributed by atoms with van der Waals surface area (Å²) in [6.45, 7) is 0. The van der Waals surface area contributed by atoms with Crippen molar-refractivity contribution in [3.05, 3.63) is 35.4 Å². The molecule has 0 atom stereocenters. The molecule has 2 nitrogen and oxygen atoms in total. The molecule has 1 aromatic carbocycles. The second-order valence-corrected chi connectivity index (χ2v) is 4.32. The Hall–Kier alpha value is -1.29. The van der Waals surface area contributed by atoms with Crippen LogP contribution in [0.25, 0.3) is 0 Å². The van der Waals surface area contributed by atoms with Gasteiger partial charge >= 0.3 is 0 Å². The van der Waals surface area contributed by atoms with Crippen LogP contribution < -0.4 is 5.73 Å². The maximum Gasteiger partial charge on any atom is 0.182 e. The first-order valence-corrected chi connectivity index (χ1v) is 5.32. The van der Waals surface area contributed by atoms with Crippen LogP contribution in [0.5, 0.6) is 0 Å². The number of hydrogen-bond acceptors (Lipinski definition) is 2. The minimum atomic E-state index is -1.01. The molecule has 0 aromatic heterocycles. The van der Waals surface area contributed by atoms with Gasteiger partial charge < -0.3 is 5.73 Å². The van der Waals surface area contributed by atoms with Crippen molar-refractivity contribution in [2.45, 2.75) is 31.2 Å². The third kappa shape index (κ3) is 1.85. The van der Waals surface area contributed by atoms with Crippen molar-refractivity contribution < 1.29 is 13.6 Å². The molecular formula is C12H13F2NO. The van der Waals surface area contributed by atoms with Gasteiger partial charge in [-0.15, -0.1) is 0 Å². The number of ketones is 1. The fraction of sp³-hybridized carbons (Fsp3) is 0.417. The summed E-state index contributed by atoms with van der Waals surface area (Å²) in [5.74, 6) is -2.25. The van der Waals surface area contributed by atoms with Crippen LogP contribution in [0.1, 0.15) is 36.0 Å². The minimum Gasteiger partial charge on any atom is -0.319 e. The zero-order chi connectivity index (χ0) is 11.8. The highest BCUT2D eigenvalue weighted by atomic mass is 19.2. The largest absolute Gasteiger partial charge is 0.319 e. The Morgan fingerprint density at radius 1 is 1.19 bits per heavy atom. The van der Waals surface area contributed by atoms with E-state index in [0.717, 1.165) is 25.0 Å². The molecule has 1 aromatic rings. The maximum absolute atomic E-state index is 13.0. The lowest BCUT2D eigenvalue weighted by molar-refractivity contribution is 0.0891. The number of Topliss-reactive ketones (excluding diaryl/α,β-unsaturated/α-hetero) is 1. The quantitative estimate of drug-likeness (QED) is 0.785. The van der Waals surface area contributed by atoms with Gasteiger partial charge in [-0.1, -0.05) is 12.8 Å². The van der Waals surface area contributed by atoms with Gasteiger partial charge in [0.05, 0.1) is 5.54 Å². The molecule has 0 aliphatic heterocycles. The molecule has 16 heavy (non-hydrogen) atoms. The van der Waals surface area contributed by atoms with Gasteiger partial charge in [0.1, 0.15) is 0 Å². The summed E-state index contributed by atoms with van der Waals surface area (Å²) < 4.78 is 25.7. The number of carbonyl (C=O) groups is 1. The van der Waals surface area contributed by atoms with E-state index in [1.54, 1.807) is 0 Å². The lowest BCUT2D eigenvalue weighted by Crippen LogP contribution is -2.45. The predicted octanol–water partition coefficient (Wildman–Crippen LogP) is 2.42. The summed E-state index contributed by atoms with van der Waals surface area (Å²) in [4.78, 5) is 12.0. The summed E-state index contributed by atoms with van der Waals surface area (Å²) in [5, 5.41) is 0. The van der Waals surface area contributed by atoms with Gasteiger partial charge in [-0.2, -0.15) is 0 Å². The fourth-order valence-corrected chi connectivity index (χ4v) is 2.16. The summed E-state index contributed by atoms with van der Waals surface area (Å²) in [5.41, 5.74) is 5.23. The Morgan fingerprint density at radius 3 is 2.38 bits per heavy atom. The summed E-state index contributed by atoms with van der Waals surface area (Å²) >= 11 is 0. The predicted molar refractivity (Wildman–Crippen MR) is 56.1 cm³/mol. The Balaban J connectivity index is 2.30. The molecule has 2 rings (SSSR count). The van der Waals surface area contributed by atoms with Crippen LogP contribution >= 0.6 is 0 Å². The van der Waals surface area contributed by atoms with Crippen molar-refractivity contribution in [2.24, 2.45) is 5.73 Å². The van der Waals surface area contributed by atoms with E-state index in [2.05, 4.69) is 0 Å². The normalized spacial score (nSPS) is 18.7. The zero-order valence-electron chi connectivity index (χ0n) is 8.80. The third-order valence-electron chi connectivity index (χ3n) is 3.13. The first-order valence-electron chi connectivity index (χ1n) is 5.32. The van der Waals surface area contributed by atoms with Gasteiger partial charge in [-0.05, 0) is 31.0 Å². The van der Waals surface area contributed by atoms with Crippen LogP contribution in [0, 0.1) is 11.6 Å². The van der Waals surface area contributed by atoms with Crippen molar-refractivity contribution >= 4 is 5.78 Å². The SMILES string of the molecule is NC1(C(=O)c2ccc(F)c(F)c2)CCCC1. The van der Waals surface area contributed by atoms with Crippen LogP contribution in [0.15, 0.2) is 18.2 Å². The van der Waals surface area contributed by atoms with Gasteiger partial charge in [-0.3, -0.25) is 4.79 Å². The Morgan fingerprint density at radius 2 is 1.81 bits per heavy atom. The average Bonchev–Trinajstić information content (AvgIpc) is 2.70. The molecule has 0 heterocycles. The van der Waals surface area contributed by atoms with E-state index in [1.165, 1.54) is 6.07 Å². The third-order valence-corrected chi connectivity index (χ3v) is 3.13. The van der Waals surface area contributed by atoms with Crippen LogP contribution in [0.3, 0.4) is 0 Å². The van der Waals surface area contributed by atoms with Crippen molar-refractivity contribution in [3.8, 4) is 0 Å². The molecule has 86 valence electrons. The number of rotatable bonds is 2. The summed E-state index contributed by atoms with van der Waals surface area (Å²) in [7, 11) is 0. The number of benzene rings is 1. The van der Waals surface area contributed by atoms with Crippen LogP contribution in [-0.2, 0) is 0 Å². The zero-order valence-corrected chi connectivity index (χ0v) is 8.80. The van der Waals surface area contributed by atoms with Crippen molar-refractivity contribution in [1.82, 2.24) is 0 Å². The standard InChI is InChI=1S/C12H13F2NO/c13-9-4-3-8(7-10(9)14)11(16)12(15)5-1-2-6-12/h3-4,7H,1-2,5-6,15H2. The minimum absolute atomic E-state index is 0.156. The van der Waals surface area contributed by atoms with E-state index >= 15 is 0 Å². The maximum atomic E-state index is 13.0. The first-order chi connectivity index (χ1) is 7.53. The van der Waals surface area contributed by atoms with E-state index in [1.807, 2.05) is 0 Å². The van der Waals surface area contributed by atoms with E-state index in [-0.39, 0.29) is 11.3 Å². The molecule has 0 unspecified atom stereocenters. The summed E-state index contributed by atoms with van der Waals surface area (Å²) in [6.07, 6.45) is 3.05. The Bertz CT molecular complexity index is 425. The smallest absolute Gasteiger partial charge is 0.182 e. The second-order valence-electron chi connectivity index (χ2n) is 4.32. The molecule has 1 fully saturated rings. The molecule has 1 aliphatic carbocycles. The molecule has 0 radical (unpaired) electrons. The highest BCUT2D eigenvalue weighted by molar-refractivity contribution is 6.03. The molecule has 1 saturated carbocycles. The van der Waals surface area contributed by atoms with Gasteiger partial charge in [0, 0.05) is 5.56 Å². The van der Waals surface area contributed by atoms with Gasteiger partial charge in [0.15, 0.2) is 17.4 Å². The molecule has 1 aliphatic rings. The fourth-order valence-electron chi connectivity index (χ4n) is 2.16. The van der Waals surface area contributed by atoms with E-state index < -0.39 is 17.2 Å². The second kappa shape index (κ2) is 3.94. The van der Waals surface area contributed by atoms with Crippen molar-refractivity contribution in [2.75, 3.05) is 0 Å². The Kier molecular flexibility index (Phi) is 2.76. The van der Waals surface area contributed by atoms with Crippen LogP contribution in [-0.4, -0.2) is 11.3 Å². The van der Waals surface area contributed by atoms with Gasteiger partial charge in [-0.25, -0.2) is 8.78 Å². The first kappa shape index (κ1) is 11.2. The highest BCUT2D eigenvalue weighted by Gasteiger charge is 2.37. The number of halogens is 2. The van der Waals surface area contributed by atoms with E-state index in [4.69, 9.17) is 5.73 Å². The number of carbonyl (C=O) groups excluding carboxylic acids is 1. The number of hydrogen-bond donors (Lipinski definition) is 1. The van der Waals surface area contributed by atoms with Crippen molar-refractivity contribution in [1.29, 1.82) is 0 Å². The van der Waals surface area contributed by atoms with Gasteiger partial charge in [0.2, 0.25) is 0 Å².